The smallest absolute Gasteiger partial charge is 0.0576 e. The van der Waals surface area contributed by atoms with Gasteiger partial charge in [-0.15, -0.1) is 0 Å². The molecule has 0 aromatic heterocycles. The van der Waals surface area contributed by atoms with Crippen LogP contribution in [0.4, 0.5) is 0 Å². The van der Waals surface area contributed by atoms with Gasteiger partial charge in [-0.25, -0.2) is 0 Å². The third-order valence-corrected chi connectivity index (χ3v) is 3.29. The van der Waals surface area contributed by atoms with Crippen molar-refractivity contribution in [3.63, 3.8) is 0 Å². The Morgan fingerprint density at radius 3 is 2.17 bits per heavy atom. The summed E-state index contributed by atoms with van der Waals surface area (Å²) < 4.78 is 0. The molecule has 0 aliphatic carbocycles. The average molecular weight is 190 g/mol. The second-order valence-corrected chi connectivity index (χ2v) is 4.52. The number of hydrogen-bond donors (Lipinski definition) is 1. The van der Waals surface area contributed by atoms with Gasteiger partial charge in [-0.1, -0.05) is 33.6 Å². The number of rotatable bonds is 7. The summed E-state index contributed by atoms with van der Waals surface area (Å²) in [5, 5.41) is 9.72. The molecule has 12 heavy (non-hydrogen) atoms. The van der Waals surface area contributed by atoms with Crippen LogP contribution < -0.4 is 0 Å². The molecular weight excluding hydrogens is 168 g/mol. The minimum Gasteiger partial charge on any atom is -0.393 e. The third kappa shape index (κ3) is 5.04. The highest BCUT2D eigenvalue weighted by atomic mass is 32.2. The molecule has 0 aliphatic rings. The molecule has 0 spiro atoms. The van der Waals surface area contributed by atoms with Gasteiger partial charge in [0.1, 0.15) is 0 Å². The van der Waals surface area contributed by atoms with E-state index in [0.29, 0.717) is 5.92 Å². The highest BCUT2D eigenvalue weighted by Crippen LogP contribution is 2.17. The fourth-order valence-electron chi connectivity index (χ4n) is 1.42. The first kappa shape index (κ1) is 12.3. The minimum absolute atomic E-state index is 0.0703. The standard InChI is InChI=1S/C10H22OS/c1-4-9(5-2)10(11)7-8-12-6-3/h9-11H,4-8H2,1-3H3. The van der Waals surface area contributed by atoms with Crippen molar-refractivity contribution in [1.29, 1.82) is 0 Å². The van der Waals surface area contributed by atoms with Gasteiger partial charge in [0.15, 0.2) is 0 Å². The normalized spacial score (nSPS) is 13.8. The number of hydrogen-bond acceptors (Lipinski definition) is 2. The van der Waals surface area contributed by atoms with Crippen molar-refractivity contribution in [3.8, 4) is 0 Å². The van der Waals surface area contributed by atoms with Gasteiger partial charge in [-0.2, -0.15) is 11.8 Å². The summed E-state index contributed by atoms with van der Waals surface area (Å²) in [5.41, 5.74) is 0. The van der Waals surface area contributed by atoms with Crippen LogP contribution in [-0.2, 0) is 0 Å². The molecule has 0 bridgehead atoms. The third-order valence-electron chi connectivity index (χ3n) is 2.35. The van der Waals surface area contributed by atoms with Gasteiger partial charge >= 0.3 is 0 Å². The lowest BCUT2D eigenvalue weighted by Gasteiger charge is -2.19. The van der Waals surface area contributed by atoms with Crippen LogP contribution in [0.3, 0.4) is 0 Å². The molecule has 0 rings (SSSR count). The van der Waals surface area contributed by atoms with E-state index in [1.165, 1.54) is 0 Å². The molecule has 0 radical (unpaired) electrons. The van der Waals surface area contributed by atoms with Crippen LogP contribution in [0, 0.1) is 5.92 Å². The SMILES string of the molecule is CCSCCC(O)C(CC)CC. The second kappa shape index (κ2) is 7.93. The van der Waals surface area contributed by atoms with Gasteiger partial charge in [0, 0.05) is 0 Å². The second-order valence-electron chi connectivity index (χ2n) is 3.13. The molecular formula is C10H22OS. The Morgan fingerprint density at radius 2 is 1.75 bits per heavy atom. The fraction of sp³-hybridized carbons (Fsp3) is 1.00. The van der Waals surface area contributed by atoms with E-state index in [1.807, 2.05) is 11.8 Å². The van der Waals surface area contributed by atoms with Gasteiger partial charge in [-0.3, -0.25) is 0 Å². The molecule has 0 heterocycles. The molecule has 0 saturated carbocycles. The van der Waals surface area contributed by atoms with Gasteiger partial charge in [-0.05, 0) is 23.8 Å². The molecule has 1 unspecified atom stereocenters. The molecule has 0 amide bonds. The molecule has 74 valence electrons. The van der Waals surface area contributed by atoms with Crippen LogP contribution in [-0.4, -0.2) is 22.7 Å². The van der Waals surface area contributed by atoms with Crippen molar-refractivity contribution in [3.05, 3.63) is 0 Å². The van der Waals surface area contributed by atoms with Crippen molar-refractivity contribution in [2.75, 3.05) is 11.5 Å². The quantitative estimate of drug-likeness (QED) is 0.623. The molecule has 1 atom stereocenters. The van der Waals surface area contributed by atoms with Gasteiger partial charge in [0.25, 0.3) is 0 Å². The van der Waals surface area contributed by atoms with Crippen LogP contribution in [0.5, 0.6) is 0 Å². The lowest BCUT2D eigenvalue weighted by atomic mass is 9.95. The summed E-state index contributed by atoms with van der Waals surface area (Å²) in [4.78, 5) is 0. The zero-order valence-corrected chi connectivity index (χ0v) is 9.36. The Morgan fingerprint density at radius 1 is 1.17 bits per heavy atom. The monoisotopic (exact) mass is 190 g/mol. The highest BCUT2D eigenvalue weighted by Gasteiger charge is 2.14. The molecule has 0 saturated heterocycles. The summed E-state index contributed by atoms with van der Waals surface area (Å²) in [6, 6.07) is 0. The van der Waals surface area contributed by atoms with Crippen LogP contribution in [0.2, 0.25) is 0 Å². The first-order valence-corrected chi connectivity index (χ1v) is 6.17. The van der Waals surface area contributed by atoms with E-state index >= 15 is 0 Å². The van der Waals surface area contributed by atoms with Crippen molar-refractivity contribution in [2.45, 2.75) is 46.1 Å². The van der Waals surface area contributed by atoms with Crippen LogP contribution in [0.25, 0.3) is 0 Å². The zero-order valence-electron chi connectivity index (χ0n) is 8.55. The summed E-state index contributed by atoms with van der Waals surface area (Å²) in [5.74, 6) is 2.78. The summed E-state index contributed by atoms with van der Waals surface area (Å²) in [7, 11) is 0. The first-order valence-electron chi connectivity index (χ1n) is 5.01. The predicted molar refractivity (Wildman–Crippen MR) is 57.7 cm³/mol. The Hall–Kier alpha value is 0.310. The maximum atomic E-state index is 9.72. The Kier molecular flexibility index (Phi) is 8.14. The van der Waals surface area contributed by atoms with Gasteiger partial charge in [0.2, 0.25) is 0 Å². The van der Waals surface area contributed by atoms with Crippen LogP contribution >= 0.6 is 11.8 Å². The molecule has 0 aromatic carbocycles. The lowest BCUT2D eigenvalue weighted by Crippen LogP contribution is -2.19. The van der Waals surface area contributed by atoms with E-state index in [9.17, 15) is 5.11 Å². The first-order chi connectivity index (χ1) is 5.76. The Balaban J connectivity index is 3.47. The Bertz CT molecular complexity index is 91.8. The van der Waals surface area contributed by atoms with E-state index in [0.717, 1.165) is 30.8 Å². The molecule has 0 aliphatic heterocycles. The van der Waals surface area contributed by atoms with Gasteiger partial charge < -0.3 is 5.11 Å². The van der Waals surface area contributed by atoms with Crippen molar-refractivity contribution in [2.24, 2.45) is 5.92 Å². The fourth-order valence-corrected chi connectivity index (χ4v) is 2.11. The molecule has 2 heteroatoms. The van der Waals surface area contributed by atoms with Crippen molar-refractivity contribution < 1.29 is 5.11 Å². The molecule has 0 fully saturated rings. The van der Waals surface area contributed by atoms with Gasteiger partial charge in [0.05, 0.1) is 6.10 Å². The molecule has 1 N–H and O–H groups in total. The largest absolute Gasteiger partial charge is 0.393 e. The minimum atomic E-state index is -0.0703. The highest BCUT2D eigenvalue weighted by molar-refractivity contribution is 7.99. The zero-order chi connectivity index (χ0) is 9.40. The van der Waals surface area contributed by atoms with Crippen LogP contribution in [0.1, 0.15) is 40.0 Å². The van der Waals surface area contributed by atoms with Crippen molar-refractivity contribution in [1.82, 2.24) is 0 Å². The van der Waals surface area contributed by atoms with E-state index in [4.69, 9.17) is 0 Å². The summed E-state index contributed by atoms with van der Waals surface area (Å²) in [6.45, 7) is 6.48. The van der Waals surface area contributed by atoms with E-state index < -0.39 is 0 Å². The maximum absolute atomic E-state index is 9.72. The number of aliphatic hydroxyl groups excluding tert-OH is 1. The molecule has 1 nitrogen and oxygen atoms in total. The topological polar surface area (TPSA) is 20.2 Å². The van der Waals surface area contributed by atoms with E-state index in [-0.39, 0.29) is 6.10 Å². The number of thioether (sulfide) groups is 1. The maximum Gasteiger partial charge on any atom is 0.0576 e. The van der Waals surface area contributed by atoms with Crippen molar-refractivity contribution >= 4 is 11.8 Å². The number of aliphatic hydroxyl groups is 1. The van der Waals surface area contributed by atoms with E-state index in [2.05, 4.69) is 20.8 Å². The van der Waals surface area contributed by atoms with E-state index in [1.54, 1.807) is 0 Å². The lowest BCUT2D eigenvalue weighted by molar-refractivity contribution is 0.100. The average Bonchev–Trinajstić information content (AvgIpc) is 2.07. The molecule has 0 aromatic rings. The van der Waals surface area contributed by atoms with Crippen LogP contribution in [0.15, 0.2) is 0 Å². The summed E-state index contributed by atoms with van der Waals surface area (Å²) in [6.07, 6.45) is 3.10. The Labute approximate surface area is 80.9 Å². The summed E-state index contributed by atoms with van der Waals surface area (Å²) >= 11 is 1.91. The predicted octanol–water partition coefficient (Wildman–Crippen LogP) is 2.93.